The van der Waals surface area contributed by atoms with Gasteiger partial charge in [0.15, 0.2) is 11.6 Å². The van der Waals surface area contributed by atoms with Crippen LogP contribution in [-0.2, 0) is 4.79 Å². The number of carbonyl (C=O) groups excluding carboxylic acids is 1. The Labute approximate surface area is 110 Å². The van der Waals surface area contributed by atoms with Crippen LogP contribution >= 0.6 is 0 Å². The molecule has 0 atom stereocenters. The second-order valence-electron chi connectivity index (χ2n) is 4.61. The van der Waals surface area contributed by atoms with Crippen LogP contribution in [0, 0.1) is 28.9 Å². The van der Waals surface area contributed by atoms with Gasteiger partial charge >= 0.3 is 0 Å². The van der Waals surface area contributed by atoms with Crippen molar-refractivity contribution in [2.24, 2.45) is 11.7 Å². The predicted octanol–water partition coefficient (Wildman–Crippen LogP) is 1.78. The number of benzene rings is 1. The van der Waals surface area contributed by atoms with E-state index in [9.17, 15) is 13.6 Å². The molecule has 0 heterocycles. The van der Waals surface area contributed by atoms with Gasteiger partial charge in [-0.05, 0) is 18.1 Å². The second-order valence-corrected chi connectivity index (χ2v) is 4.61. The Hall–Kier alpha value is -2.16. The number of anilines is 1. The van der Waals surface area contributed by atoms with Crippen molar-refractivity contribution < 1.29 is 13.6 Å². The van der Waals surface area contributed by atoms with Gasteiger partial charge in [0.1, 0.15) is 6.07 Å². The Kier molecular flexibility index (Phi) is 4.81. The molecule has 1 rings (SSSR count). The molecule has 0 unspecified atom stereocenters. The van der Waals surface area contributed by atoms with Gasteiger partial charge in [-0.2, -0.15) is 5.26 Å². The first-order valence-corrected chi connectivity index (χ1v) is 5.78. The number of primary amides is 1. The number of halogens is 2. The first-order chi connectivity index (χ1) is 8.86. The minimum absolute atomic E-state index is 0.0657. The second kappa shape index (κ2) is 6.14. The highest BCUT2D eigenvalue weighted by atomic mass is 19.2. The Balaban J connectivity index is 3.19. The van der Waals surface area contributed by atoms with Crippen molar-refractivity contribution >= 4 is 11.6 Å². The number of nitriles is 1. The summed E-state index contributed by atoms with van der Waals surface area (Å²) in [6.07, 6.45) is 0. The molecule has 1 aromatic rings. The van der Waals surface area contributed by atoms with E-state index in [1.54, 1.807) is 6.07 Å². The lowest BCUT2D eigenvalue weighted by atomic mass is 10.1. The summed E-state index contributed by atoms with van der Waals surface area (Å²) in [6, 6.07) is 4.02. The summed E-state index contributed by atoms with van der Waals surface area (Å²) in [5.41, 5.74) is 4.67. The van der Waals surface area contributed by atoms with E-state index < -0.39 is 17.5 Å². The maximum absolute atomic E-state index is 13.9. The number of hydrogen-bond acceptors (Lipinski definition) is 3. The van der Waals surface area contributed by atoms with Crippen LogP contribution in [0.25, 0.3) is 0 Å². The van der Waals surface area contributed by atoms with Gasteiger partial charge in [0.05, 0.1) is 17.8 Å². The van der Waals surface area contributed by atoms with E-state index in [2.05, 4.69) is 0 Å². The Bertz CT molecular complexity index is 523. The fourth-order valence-electron chi connectivity index (χ4n) is 1.75. The summed E-state index contributed by atoms with van der Waals surface area (Å²) < 4.78 is 27.4. The normalized spacial score (nSPS) is 10.3. The summed E-state index contributed by atoms with van der Waals surface area (Å²) in [5, 5.41) is 8.62. The van der Waals surface area contributed by atoms with Crippen LogP contribution in [0.3, 0.4) is 0 Å². The Morgan fingerprint density at radius 2 is 2.05 bits per heavy atom. The molecule has 0 aliphatic rings. The molecule has 19 heavy (non-hydrogen) atoms. The minimum atomic E-state index is -1.21. The first kappa shape index (κ1) is 14.9. The molecule has 0 aliphatic heterocycles. The zero-order chi connectivity index (χ0) is 14.6. The van der Waals surface area contributed by atoms with Crippen LogP contribution in [0.4, 0.5) is 14.5 Å². The van der Waals surface area contributed by atoms with E-state index in [1.807, 2.05) is 13.8 Å². The van der Waals surface area contributed by atoms with Crippen molar-refractivity contribution in [3.05, 3.63) is 29.3 Å². The van der Waals surface area contributed by atoms with Gasteiger partial charge in [-0.15, -0.1) is 0 Å². The molecule has 0 radical (unpaired) electrons. The number of hydrogen-bond donors (Lipinski definition) is 1. The molecule has 1 amide bonds. The summed E-state index contributed by atoms with van der Waals surface area (Å²) in [5.74, 6) is -2.85. The lowest BCUT2D eigenvalue weighted by Crippen LogP contribution is -2.37. The standard InChI is InChI=1S/C13H15F2N3O/c1-8(2)6-18(7-11(17)19)10-4-3-9(5-16)12(14)13(10)15/h3-4,8H,6-7H2,1-2H3,(H2,17,19). The maximum atomic E-state index is 13.9. The van der Waals surface area contributed by atoms with Gasteiger partial charge in [-0.25, -0.2) is 8.78 Å². The van der Waals surface area contributed by atoms with E-state index in [0.717, 1.165) is 0 Å². The summed E-state index contributed by atoms with van der Waals surface area (Å²) in [7, 11) is 0. The lowest BCUT2D eigenvalue weighted by Gasteiger charge is -2.25. The van der Waals surface area contributed by atoms with Crippen LogP contribution in [-0.4, -0.2) is 19.0 Å². The zero-order valence-electron chi connectivity index (χ0n) is 10.8. The predicted molar refractivity (Wildman–Crippen MR) is 67.3 cm³/mol. The molecule has 0 aromatic heterocycles. The third kappa shape index (κ3) is 3.65. The largest absolute Gasteiger partial charge is 0.368 e. The van der Waals surface area contributed by atoms with Crippen molar-refractivity contribution in [1.82, 2.24) is 0 Å². The van der Waals surface area contributed by atoms with Crippen LogP contribution in [0.15, 0.2) is 12.1 Å². The van der Waals surface area contributed by atoms with E-state index >= 15 is 0 Å². The molecular formula is C13H15F2N3O. The number of rotatable bonds is 5. The Morgan fingerprint density at radius 1 is 1.42 bits per heavy atom. The molecule has 1 aromatic carbocycles. The van der Waals surface area contributed by atoms with Gasteiger partial charge in [-0.3, -0.25) is 4.79 Å². The molecule has 102 valence electrons. The van der Waals surface area contributed by atoms with Gasteiger partial charge in [0.25, 0.3) is 0 Å². The third-order valence-electron chi connectivity index (χ3n) is 2.46. The fraction of sp³-hybridized carbons (Fsp3) is 0.385. The maximum Gasteiger partial charge on any atom is 0.236 e. The minimum Gasteiger partial charge on any atom is -0.368 e. The van der Waals surface area contributed by atoms with Crippen LogP contribution in [0.5, 0.6) is 0 Å². The molecule has 4 nitrogen and oxygen atoms in total. The van der Waals surface area contributed by atoms with E-state index in [-0.39, 0.29) is 23.7 Å². The zero-order valence-corrected chi connectivity index (χ0v) is 10.8. The van der Waals surface area contributed by atoms with E-state index in [4.69, 9.17) is 11.0 Å². The summed E-state index contributed by atoms with van der Waals surface area (Å²) in [6.45, 7) is 3.91. The van der Waals surface area contributed by atoms with Crippen LogP contribution in [0.1, 0.15) is 19.4 Å². The van der Waals surface area contributed by atoms with Crippen molar-refractivity contribution in [3.63, 3.8) is 0 Å². The summed E-state index contributed by atoms with van der Waals surface area (Å²) in [4.78, 5) is 12.4. The smallest absolute Gasteiger partial charge is 0.236 e. The molecule has 0 fully saturated rings. The molecule has 0 saturated heterocycles. The van der Waals surface area contributed by atoms with Crippen molar-refractivity contribution in [1.29, 1.82) is 5.26 Å². The average Bonchev–Trinajstić information content (AvgIpc) is 2.30. The highest BCUT2D eigenvalue weighted by molar-refractivity contribution is 5.79. The first-order valence-electron chi connectivity index (χ1n) is 5.78. The van der Waals surface area contributed by atoms with Gasteiger partial charge in [0, 0.05) is 6.54 Å². The van der Waals surface area contributed by atoms with Crippen molar-refractivity contribution in [2.45, 2.75) is 13.8 Å². The number of nitrogens with two attached hydrogens (primary N) is 1. The topological polar surface area (TPSA) is 70.1 Å². The Morgan fingerprint density at radius 3 is 2.53 bits per heavy atom. The molecule has 0 aliphatic carbocycles. The fourth-order valence-corrected chi connectivity index (χ4v) is 1.75. The number of nitrogens with zero attached hydrogens (tertiary/aromatic N) is 2. The molecule has 2 N–H and O–H groups in total. The van der Waals surface area contributed by atoms with Crippen molar-refractivity contribution in [3.8, 4) is 6.07 Å². The van der Waals surface area contributed by atoms with Gasteiger partial charge in [0.2, 0.25) is 5.91 Å². The number of carbonyl (C=O) groups is 1. The number of amides is 1. The third-order valence-corrected chi connectivity index (χ3v) is 2.46. The summed E-state index contributed by atoms with van der Waals surface area (Å²) >= 11 is 0. The molecular weight excluding hydrogens is 252 g/mol. The highest BCUT2D eigenvalue weighted by Gasteiger charge is 2.20. The molecule has 0 bridgehead atoms. The van der Waals surface area contributed by atoms with E-state index in [1.165, 1.54) is 17.0 Å². The molecule has 0 saturated carbocycles. The van der Waals surface area contributed by atoms with Crippen molar-refractivity contribution in [2.75, 3.05) is 18.0 Å². The highest BCUT2D eigenvalue weighted by Crippen LogP contribution is 2.24. The van der Waals surface area contributed by atoms with Crippen LogP contribution < -0.4 is 10.6 Å². The molecule has 6 heteroatoms. The quantitative estimate of drug-likeness (QED) is 0.884. The van der Waals surface area contributed by atoms with Gasteiger partial charge < -0.3 is 10.6 Å². The monoisotopic (exact) mass is 267 g/mol. The van der Waals surface area contributed by atoms with E-state index in [0.29, 0.717) is 6.54 Å². The average molecular weight is 267 g/mol. The lowest BCUT2D eigenvalue weighted by molar-refractivity contribution is -0.116. The molecule has 0 spiro atoms. The SMILES string of the molecule is CC(C)CN(CC(N)=O)c1ccc(C#N)c(F)c1F. The van der Waals surface area contributed by atoms with Gasteiger partial charge in [-0.1, -0.05) is 13.8 Å². The van der Waals surface area contributed by atoms with Crippen LogP contribution in [0.2, 0.25) is 0 Å².